The van der Waals surface area contributed by atoms with Crippen LogP contribution in [0.5, 0.6) is 0 Å². The zero-order valence-corrected chi connectivity index (χ0v) is 13.8. The zero-order valence-electron chi connectivity index (χ0n) is 13.8. The zero-order chi connectivity index (χ0) is 19.8. The van der Waals surface area contributed by atoms with Gasteiger partial charge in [0.05, 0.1) is 11.2 Å². The number of methoxy groups -OCH3 is 1. The van der Waals surface area contributed by atoms with Crippen LogP contribution in [0.1, 0.15) is 17.5 Å². The maximum atomic E-state index is 12.9. The van der Waals surface area contributed by atoms with E-state index in [1.165, 1.54) is 19.3 Å². The van der Waals surface area contributed by atoms with Crippen LogP contribution in [0.15, 0.2) is 36.1 Å². The number of halogens is 6. The minimum absolute atomic E-state index is 0.000815. The van der Waals surface area contributed by atoms with Gasteiger partial charge in [-0.3, -0.25) is 0 Å². The number of alkyl halides is 6. The molecule has 0 saturated heterocycles. The van der Waals surface area contributed by atoms with Crippen LogP contribution in [0.3, 0.4) is 0 Å². The Morgan fingerprint density at radius 2 is 1.78 bits per heavy atom. The van der Waals surface area contributed by atoms with Crippen molar-refractivity contribution in [1.82, 2.24) is 4.98 Å². The molecule has 3 rings (SSSR count). The first-order chi connectivity index (χ1) is 12.6. The average molecular weight is 393 g/mol. The summed E-state index contributed by atoms with van der Waals surface area (Å²) in [5.41, 5.74) is 0.639. The molecule has 0 amide bonds. The molecule has 2 aromatic rings. The summed E-state index contributed by atoms with van der Waals surface area (Å²) in [6.45, 7) is -0.170. The lowest BCUT2D eigenvalue weighted by atomic mass is 10.1. The van der Waals surface area contributed by atoms with E-state index in [0.29, 0.717) is 10.9 Å². The molecule has 146 valence electrons. The molecule has 0 fully saturated rings. The van der Waals surface area contributed by atoms with Gasteiger partial charge in [0.2, 0.25) is 6.29 Å². The number of benzene rings is 1. The van der Waals surface area contributed by atoms with E-state index < -0.39 is 24.7 Å². The van der Waals surface area contributed by atoms with E-state index in [9.17, 15) is 26.3 Å². The van der Waals surface area contributed by atoms with Crippen molar-refractivity contribution in [2.45, 2.75) is 24.7 Å². The van der Waals surface area contributed by atoms with Crippen LogP contribution in [-0.2, 0) is 14.2 Å². The smallest absolute Gasteiger partial charge is 0.423 e. The molecule has 0 saturated carbocycles. The third-order valence-corrected chi connectivity index (χ3v) is 3.74. The van der Waals surface area contributed by atoms with Crippen LogP contribution < -0.4 is 0 Å². The van der Waals surface area contributed by atoms with E-state index >= 15 is 0 Å². The number of hydrogen-bond donors (Lipinski definition) is 0. The van der Waals surface area contributed by atoms with Gasteiger partial charge in [-0.2, -0.15) is 26.3 Å². The number of nitrogens with zero attached hydrogens (tertiary/aromatic N) is 1. The molecular formula is C17H13F6NO3. The predicted molar refractivity (Wildman–Crippen MR) is 82.4 cm³/mol. The Morgan fingerprint density at radius 3 is 2.41 bits per heavy atom. The Balaban J connectivity index is 2.06. The van der Waals surface area contributed by atoms with Crippen molar-refractivity contribution in [2.75, 3.05) is 13.7 Å². The number of aromatic nitrogens is 1. The first-order valence-electron chi connectivity index (χ1n) is 7.64. The van der Waals surface area contributed by atoms with Gasteiger partial charge < -0.3 is 14.2 Å². The van der Waals surface area contributed by atoms with E-state index in [1.54, 1.807) is 24.3 Å². The molecule has 0 N–H and O–H groups in total. The fourth-order valence-electron chi connectivity index (χ4n) is 2.62. The van der Waals surface area contributed by atoms with Crippen molar-refractivity contribution in [3.05, 3.63) is 47.3 Å². The molecule has 1 atom stereocenters. The van der Waals surface area contributed by atoms with E-state index in [1.807, 2.05) is 0 Å². The standard InChI is InChI=1S/C17H13F6NO3/c1-25-8-10-7-13-11(6-9-4-2-3-5-12(9)24-13)14(26-10)27-15(16(18,19)20)17(21,22)23/h2-7,14-15H,8H2,1H3. The molecule has 1 aromatic heterocycles. The second kappa shape index (κ2) is 7.01. The molecule has 1 aromatic carbocycles. The SMILES string of the molecule is COCC1=Cc2nc3ccccc3cc2C(OC(C(F)(F)F)C(F)(F)F)O1. The van der Waals surface area contributed by atoms with Crippen molar-refractivity contribution in [1.29, 1.82) is 0 Å². The number of para-hydroxylation sites is 1. The summed E-state index contributed by atoms with van der Waals surface area (Å²) in [7, 11) is 1.30. The summed E-state index contributed by atoms with van der Waals surface area (Å²) >= 11 is 0. The van der Waals surface area contributed by atoms with Gasteiger partial charge in [-0.15, -0.1) is 0 Å². The summed E-state index contributed by atoms with van der Waals surface area (Å²) in [5, 5.41) is 0.521. The topological polar surface area (TPSA) is 40.6 Å². The van der Waals surface area contributed by atoms with Gasteiger partial charge in [-0.1, -0.05) is 18.2 Å². The van der Waals surface area contributed by atoms with Crippen LogP contribution >= 0.6 is 0 Å². The molecule has 27 heavy (non-hydrogen) atoms. The van der Waals surface area contributed by atoms with Crippen molar-refractivity contribution >= 4 is 17.0 Å². The van der Waals surface area contributed by atoms with Gasteiger partial charge in [-0.05, 0) is 12.1 Å². The molecule has 0 aliphatic carbocycles. The highest BCUT2D eigenvalue weighted by Gasteiger charge is 2.59. The molecule has 10 heteroatoms. The Morgan fingerprint density at radius 1 is 1.11 bits per heavy atom. The molecule has 1 aliphatic heterocycles. The highest BCUT2D eigenvalue weighted by molar-refractivity contribution is 5.81. The Kier molecular flexibility index (Phi) is 5.04. The van der Waals surface area contributed by atoms with Gasteiger partial charge in [0.15, 0.2) is 0 Å². The predicted octanol–water partition coefficient (Wildman–Crippen LogP) is 4.76. The maximum Gasteiger partial charge on any atom is 0.423 e. The van der Waals surface area contributed by atoms with E-state index in [4.69, 9.17) is 9.47 Å². The van der Waals surface area contributed by atoms with E-state index in [0.717, 1.165) is 0 Å². The summed E-state index contributed by atoms with van der Waals surface area (Å²) in [5.74, 6) is 0.000815. The summed E-state index contributed by atoms with van der Waals surface area (Å²) in [6.07, 6.45) is -15.9. The molecule has 2 heterocycles. The highest BCUT2D eigenvalue weighted by Crippen LogP contribution is 2.41. The van der Waals surface area contributed by atoms with Gasteiger partial charge in [0.25, 0.3) is 6.10 Å². The Bertz CT molecular complexity index is 848. The van der Waals surface area contributed by atoms with Gasteiger partial charge >= 0.3 is 12.4 Å². The molecular weight excluding hydrogens is 380 g/mol. The van der Waals surface area contributed by atoms with E-state index in [-0.39, 0.29) is 23.6 Å². The fourth-order valence-corrected chi connectivity index (χ4v) is 2.62. The van der Waals surface area contributed by atoms with Gasteiger partial charge in [0.1, 0.15) is 12.4 Å². The summed E-state index contributed by atoms with van der Waals surface area (Å²) in [6, 6.07) is 8.05. The van der Waals surface area contributed by atoms with Crippen molar-refractivity contribution in [2.24, 2.45) is 0 Å². The first-order valence-corrected chi connectivity index (χ1v) is 7.64. The third-order valence-electron chi connectivity index (χ3n) is 3.74. The van der Waals surface area contributed by atoms with Crippen molar-refractivity contribution < 1.29 is 40.6 Å². The lowest BCUT2D eigenvalue weighted by molar-refractivity contribution is -0.352. The van der Waals surface area contributed by atoms with E-state index in [2.05, 4.69) is 9.72 Å². The monoisotopic (exact) mass is 393 g/mol. The lowest BCUT2D eigenvalue weighted by Crippen LogP contribution is -2.45. The lowest BCUT2D eigenvalue weighted by Gasteiger charge is -2.31. The minimum atomic E-state index is -5.66. The van der Waals surface area contributed by atoms with Crippen LogP contribution in [0.4, 0.5) is 26.3 Å². The average Bonchev–Trinajstić information content (AvgIpc) is 2.56. The second-order valence-electron chi connectivity index (χ2n) is 5.75. The highest BCUT2D eigenvalue weighted by atomic mass is 19.4. The fraction of sp³-hybridized carbons (Fsp3) is 0.353. The Hall–Kier alpha value is -2.33. The normalized spacial score (nSPS) is 17.6. The Labute approximate surface area is 149 Å². The minimum Gasteiger partial charge on any atom is -0.462 e. The van der Waals surface area contributed by atoms with Crippen LogP contribution in [-0.4, -0.2) is 37.2 Å². The van der Waals surface area contributed by atoms with Crippen LogP contribution in [0.2, 0.25) is 0 Å². The van der Waals surface area contributed by atoms with Gasteiger partial charge in [-0.25, -0.2) is 4.98 Å². The third kappa shape index (κ3) is 4.16. The molecule has 1 unspecified atom stereocenters. The molecule has 1 aliphatic rings. The number of fused-ring (bicyclic) bond motifs is 2. The van der Waals surface area contributed by atoms with Crippen LogP contribution in [0.25, 0.3) is 17.0 Å². The number of ether oxygens (including phenoxy) is 3. The van der Waals surface area contributed by atoms with Crippen molar-refractivity contribution in [3.63, 3.8) is 0 Å². The first kappa shape index (κ1) is 19.4. The van der Waals surface area contributed by atoms with Gasteiger partial charge in [0, 0.05) is 24.1 Å². The molecule has 0 spiro atoms. The molecule has 0 bridgehead atoms. The van der Waals surface area contributed by atoms with Crippen LogP contribution in [0, 0.1) is 0 Å². The maximum absolute atomic E-state index is 12.9. The summed E-state index contributed by atoms with van der Waals surface area (Å²) < 4.78 is 91.7. The quantitative estimate of drug-likeness (QED) is 0.703. The van der Waals surface area contributed by atoms with Crippen molar-refractivity contribution in [3.8, 4) is 0 Å². The second-order valence-corrected chi connectivity index (χ2v) is 5.75. The number of hydrogen-bond acceptors (Lipinski definition) is 4. The largest absolute Gasteiger partial charge is 0.462 e. The molecule has 4 nitrogen and oxygen atoms in total. The molecule has 0 radical (unpaired) electrons. The number of rotatable bonds is 4. The number of pyridine rings is 1. The summed E-state index contributed by atoms with van der Waals surface area (Å²) in [4.78, 5) is 4.28.